The molecule has 6 nitrogen and oxygen atoms in total. The molecule has 0 aromatic heterocycles. The lowest BCUT2D eigenvalue weighted by molar-refractivity contribution is -0.119. The number of carbonyl (C=O) groups is 1. The molecule has 0 fully saturated rings. The predicted octanol–water partition coefficient (Wildman–Crippen LogP) is 1.82. The molecular weight excluding hydrogens is 318 g/mol. The van der Waals surface area contributed by atoms with E-state index in [-0.39, 0.29) is 18.2 Å². The number of nitrogens with one attached hydrogen (secondary N) is 2. The minimum Gasteiger partial charge on any atom is -0.435 e. The Morgan fingerprint density at radius 3 is 2.38 bits per heavy atom. The average molecular weight is 342 g/mol. The van der Waals surface area contributed by atoms with Gasteiger partial charge in [0.05, 0.1) is 0 Å². The maximum Gasteiger partial charge on any atom is 0.387 e. The van der Waals surface area contributed by atoms with Gasteiger partial charge in [-0.15, -0.1) is 0 Å². The van der Waals surface area contributed by atoms with E-state index in [4.69, 9.17) is 0 Å². The third-order valence-corrected chi connectivity index (χ3v) is 3.01. The molecular formula is C16H24F2N4O2. The first kappa shape index (κ1) is 19.7. The van der Waals surface area contributed by atoms with Gasteiger partial charge >= 0.3 is 6.61 Å². The number of rotatable bonds is 8. The summed E-state index contributed by atoms with van der Waals surface area (Å²) in [6, 6.07) is 6.41. The van der Waals surface area contributed by atoms with E-state index in [1.54, 1.807) is 12.1 Å². The van der Waals surface area contributed by atoms with Crippen LogP contribution >= 0.6 is 0 Å². The summed E-state index contributed by atoms with van der Waals surface area (Å²) in [7, 11) is 1.84. The van der Waals surface area contributed by atoms with Gasteiger partial charge < -0.3 is 20.3 Å². The highest BCUT2D eigenvalue weighted by atomic mass is 19.3. The van der Waals surface area contributed by atoms with E-state index in [0.29, 0.717) is 25.6 Å². The molecule has 0 aliphatic carbocycles. The normalized spacial score (nSPS) is 11.3. The fourth-order valence-electron chi connectivity index (χ4n) is 1.99. The van der Waals surface area contributed by atoms with Crippen LogP contribution in [-0.4, -0.2) is 50.1 Å². The number of aliphatic imine (C=N–C) groups is 1. The highest BCUT2D eigenvalue weighted by Gasteiger charge is 2.09. The molecule has 0 unspecified atom stereocenters. The molecule has 0 heterocycles. The van der Waals surface area contributed by atoms with E-state index in [9.17, 15) is 13.6 Å². The van der Waals surface area contributed by atoms with Gasteiger partial charge in [-0.2, -0.15) is 8.78 Å². The Kier molecular flexibility index (Phi) is 8.53. The van der Waals surface area contributed by atoms with Crippen LogP contribution in [0.25, 0.3) is 0 Å². The quantitative estimate of drug-likeness (QED) is 0.559. The van der Waals surface area contributed by atoms with E-state index < -0.39 is 6.61 Å². The van der Waals surface area contributed by atoms with Gasteiger partial charge in [0.2, 0.25) is 5.91 Å². The van der Waals surface area contributed by atoms with E-state index in [1.807, 2.05) is 25.8 Å². The fourth-order valence-corrected chi connectivity index (χ4v) is 1.99. The van der Waals surface area contributed by atoms with Gasteiger partial charge in [0.25, 0.3) is 0 Å². The maximum atomic E-state index is 12.1. The van der Waals surface area contributed by atoms with Gasteiger partial charge in [0.15, 0.2) is 5.96 Å². The first-order valence-electron chi connectivity index (χ1n) is 7.76. The number of alkyl halides is 2. The van der Waals surface area contributed by atoms with Gasteiger partial charge in [0.1, 0.15) is 12.3 Å². The fraction of sp³-hybridized carbons (Fsp3) is 0.500. The number of nitrogens with zero attached hydrogens (tertiary/aromatic N) is 2. The monoisotopic (exact) mass is 342 g/mol. The smallest absolute Gasteiger partial charge is 0.387 e. The van der Waals surface area contributed by atoms with Crippen LogP contribution in [0.5, 0.6) is 5.75 Å². The third kappa shape index (κ3) is 7.26. The van der Waals surface area contributed by atoms with Crippen molar-refractivity contribution >= 4 is 11.9 Å². The van der Waals surface area contributed by atoms with Crippen molar-refractivity contribution in [1.82, 2.24) is 15.5 Å². The zero-order valence-electron chi connectivity index (χ0n) is 14.2. The lowest BCUT2D eigenvalue weighted by atomic mass is 10.2. The number of hydrogen-bond donors (Lipinski definition) is 2. The number of amides is 1. The van der Waals surface area contributed by atoms with E-state index in [1.165, 1.54) is 12.1 Å². The minimum atomic E-state index is -2.83. The second kappa shape index (κ2) is 10.4. The van der Waals surface area contributed by atoms with Crippen LogP contribution in [0.1, 0.15) is 19.4 Å². The molecule has 0 saturated heterocycles. The number of ether oxygens (including phenoxy) is 1. The zero-order valence-corrected chi connectivity index (χ0v) is 14.2. The lowest BCUT2D eigenvalue weighted by Crippen LogP contribution is -2.39. The van der Waals surface area contributed by atoms with E-state index in [2.05, 4.69) is 20.4 Å². The Balaban J connectivity index is 2.68. The number of benzene rings is 1. The van der Waals surface area contributed by atoms with Crippen LogP contribution in [0.3, 0.4) is 0 Å². The Hall–Kier alpha value is -2.38. The molecule has 0 aliphatic rings. The van der Waals surface area contributed by atoms with Crippen molar-refractivity contribution in [3.63, 3.8) is 0 Å². The molecule has 1 aromatic rings. The van der Waals surface area contributed by atoms with Crippen LogP contribution in [0.4, 0.5) is 8.78 Å². The molecule has 0 spiro atoms. The minimum absolute atomic E-state index is 0.0433. The standard InChI is InChI=1S/C16H24F2N4O2/c1-4-19-14(23)10-21-16(20-5-2)22(3)11-12-6-8-13(9-7-12)24-15(17)18/h6-9,15H,4-5,10-11H2,1-3H3,(H,19,23)(H,20,21). The summed E-state index contributed by atoms with van der Waals surface area (Å²) >= 11 is 0. The number of hydrogen-bond acceptors (Lipinski definition) is 3. The molecule has 0 aliphatic heterocycles. The predicted molar refractivity (Wildman–Crippen MR) is 89.2 cm³/mol. The summed E-state index contributed by atoms with van der Waals surface area (Å²) in [4.78, 5) is 17.7. The van der Waals surface area contributed by atoms with Crippen LogP contribution < -0.4 is 15.4 Å². The molecule has 134 valence electrons. The van der Waals surface area contributed by atoms with Crippen molar-refractivity contribution < 1.29 is 18.3 Å². The summed E-state index contributed by atoms with van der Waals surface area (Å²) in [5.41, 5.74) is 0.905. The molecule has 1 amide bonds. The largest absolute Gasteiger partial charge is 0.435 e. The molecule has 0 atom stereocenters. The third-order valence-electron chi connectivity index (χ3n) is 3.01. The second-order valence-corrected chi connectivity index (χ2v) is 5.00. The molecule has 0 saturated carbocycles. The van der Waals surface area contributed by atoms with Crippen molar-refractivity contribution in [3.8, 4) is 5.75 Å². The Morgan fingerprint density at radius 1 is 1.21 bits per heavy atom. The van der Waals surface area contributed by atoms with Crippen molar-refractivity contribution in [2.24, 2.45) is 4.99 Å². The highest BCUT2D eigenvalue weighted by molar-refractivity contribution is 5.84. The maximum absolute atomic E-state index is 12.1. The molecule has 1 aromatic carbocycles. The molecule has 24 heavy (non-hydrogen) atoms. The van der Waals surface area contributed by atoms with Crippen molar-refractivity contribution in [1.29, 1.82) is 0 Å². The Bertz CT molecular complexity index is 535. The second-order valence-electron chi connectivity index (χ2n) is 5.00. The topological polar surface area (TPSA) is 66.0 Å². The molecule has 0 radical (unpaired) electrons. The summed E-state index contributed by atoms with van der Waals surface area (Å²) < 4.78 is 28.6. The first-order valence-corrected chi connectivity index (χ1v) is 7.76. The molecule has 2 N–H and O–H groups in total. The number of carbonyl (C=O) groups excluding carboxylic acids is 1. The molecule has 1 rings (SSSR count). The van der Waals surface area contributed by atoms with Crippen molar-refractivity contribution in [3.05, 3.63) is 29.8 Å². The van der Waals surface area contributed by atoms with Gasteiger partial charge in [-0.25, -0.2) is 4.99 Å². The van der Waals surface area contributed by atoms with Gasteiger partial charge in [-0.05, 0) is 31.5 Å². The zero-order chi connectivity index (χ0) is 17.9. The van der Waals surface area contributed by atoms with Gasteiger partial charge in [0, 0.05) is 26.7 Å². The van der Waals surface area contributed by atoms with E-state index >= 15 is 0 Å². The Labute approximate surface area is 140 Å². The van der Waals surface area contributed by atoms with Crippen LogP contribution in [-0.2, 0) is 11.3 Å². The average Bonchev–Trinajstić information content (AvgIpc) is 2.53. The summed E-state index contributed by atoms with van der Waals surface area (Å²) in [6.45, 7) is 2.73. The van der Waals surface area contributed by atoms with E-state index in [0.717, 1.165) is 5.56 Å². The SMILES string of the molecule is CCNC(=O)CN=C(NCC)N(C)Cc1ccc(OC(F)F)cc1. The van der Waals surface area contributed by atoms with Gasteiger partial charge in [-0.1, -0.05) is 12.1 Å². The molecule has 0 bridgehead atoms. The Morgan fingerprint density at radius 2 is 1.83 bits per heavy atom. The highest BCUT2D eigenvalue weighted by Crippen LogP contribution is 2.15. The van der Waals surface area contributed by atoms with Crippen LogP contribution in [0.15, 0.2) is 29.3 Å². The van der Waals surface area contributed by atoms with Crippen molar-refractivity contribution in [2.45, 2.75) is 27.0 Å². The molecule has 8 heteroatoms. The number of likely N-dealkylation sites (N-methyl/N-ethyl adjacent to an activating group) is 1. The summed E-state index contributed by atoms with van der Waals surface area (Å²) in [6.07, 6.45) is 0. The number of halogens is 2. The van der Waals surface area contributed by atoms with Crippen LogP contribution in [0, 0.1) is 0 Å². The van der Waals surface area contributed by atoms with Crippen LogP contribution in [0.2, 0.25) is 0 Å². The summed E-state index contributed by atoms with van der Waals surface area (Å²) in [5.74, 6) is 0.569. The first-order chi connectivity index (χ1) is 11.5. The number of guanidine groups is 1. The van der Waals surface area contributed by atoms with Gasteiger partial charge in [-0.3, -0.25) is 4.79 Å². The van der Waals surface area contributed by atoms with Crippen molar-refractivity contribution in [2.75, 3.05) is 26.7 Å². The lowest BCUT2D eigenvalue weighted by Gasteiger charge is -2.22. The summed E-state index contributed by atoms with van der Waals surface area (Å²) in [5, 5.41) is 5.80.